The monoisotopic (exact) mass is 310 g/mol. The molecule has 0 aliphatic carbocycles. The van der Waals surface area contributed by atoms with Crippen LogP contribution >= 0.6 is 0 Å². The predicted octanol–water partition coefficient (Wildman–Crippen LogP) is 0.257. The number of amides is 1. The zero-order valence-corrected chi connectivity index (χ0v) is 13.7. The number of carbonyl (C=O) groups is 1. The van der Waals surface area contributed by atoms with E-state index in [1.54, 1.807) is 0 Å². The first kappa shape index (κ1) is 21.3. The molecule has 1 N–H and O–H groups in total. The molecule has 0 bridgehead atoms. The van der Waals surface area contributed by atoms with Gasteiger partial charge in [0.05, 0.1) is 33.8 Å². The van der Waals surface area contributed by atoms with Crippen molar-refractivity contribution in [3.63, 3.8) is 0 Å². The molecule has 0 aromatic heterocycles. The number of rotatable bonds is 7. The maximum absolute atomic E-state index is 10.9. The summed E-state index contributed by atoms with van der Waals surface area (Å²) in [5.74, 6) is -0.0843. The summed E-state index contributed by atoms with van der Waals surface area (Å²) >= 11 is 0. The van der Waals surface area contributed by atoms with Gasteiger partial charge in [-0.25, -0.2) is 8.42 Å². The predicted molar refractivity (Wildman–Crippen MR) is 76.6 cm³/mol. The number of nitrogens with zero attached hydrogens (tertiary/aromatic N) is 1. The molecule has 0 spiro atoms. The molecule has 0 aromatic rings. The molecule has 20 heavy (non-hydrogen) atoms. The van der Waals surface area contributed by atoms with E-state index in [0.717, 1.165) is 31.1 Å². The first-order valence-electron chi connectivity index (χ1n) is 6.24. The molecular weight excluding hydrogens is 284 g/mol. The minimum absolute atomic E-state index is 0.0843. The Kier molecular flexibility index (Phi) is 10.5. The second-order valence-electron chi connectivity index (χ2n) is 4.80. The van der Waals surface area contributed by atoms with Crippen molar-refractivity contribution in [1.82, 2.24) is 5.32 Å². The van der Waals surface area contributed by atoms with Gasteiger partial charge in [-0.3, -0.25) is 8.98 Å². The highest BCUT2D eigenvalue weighted by atomic mass is 32.3. The van der Waals surface area contributed by atoms with Crippen molar-refractivity contribution in [2.75, 3.05) is 34.3 Å². The van der Waals surface area contributed by atoms with Crippen molar-refractivity contribution in [1.29, 1.82) is 0 Å². The second kappa shape index (κ2) is 9.87. The lowest BCUT2D eigenvalue weighted by molar-refractivity contribution is -0.911. The van der Waals surface area contributed by atoms with Crippen LogP contribution in [0.2, 0.25) is 0 Å². The van der Waals surface area contributed by atoms with Crippen molar-refractivity contribution in [3.8, 4) is 0 Å². The second-order valence-corrected chi connectivity index (χ2v) is 5.95. The summed E-state index contributed by atoms with van der Waals surface area (Å²) in [5, 5.41) is 2.79. The van der Waals surface area contributed by atoms with Crippen LogP contribution in [-0.2, 0) is 19.4 Å². The fourth-order valence-corrected chi connectivity index (χ4v) is 1.14. The SMILES string of the molecule is C=CC(=O)NCCC(C)[N+](C)(C)CC.COS(=O)(=O)[O-]. The van der Waals surface area contributed by atoms with Crippen LogP contribution in [0.5, 0.6) is 0 Å². The normalized spacial score (nSPS) is 12.9. The molecule has 7 nitrogen and oxygen atoms in total. The van der Waals surface area contributed by atoms with E-state index >= 15 is 0 Å². The Morgan fingerprint density at radius 2 is 1.95 bits per heavy atom. The van der Waals surface area contributed by atoms with Crippen molar-refractivity contribution in [2.24, 2.45) is 0 Å². The minimum atomic E-state index is -4.41. The third-order valence-electron chi connectivity index (χ3n) is 3.26. The van der Waals surface area contributed by atoms with E-state index in [1.807, 2.05) is 0 Å². The number of hydrogen-bond donors (Lipinski definition) is 1. The van der Waals surface area contributed by atoms with Gasteiger partial charge in [0, 0.05) is 13.0 Å². The van der Waals surface area contributed by atoms with E-state index < -0.39 is 10.4 Å². The van der Waals surface area contributed by atoms with Gasteiger partial charge < -0.3 is 14.4 Å². The van der Waals surface area contributed by atoms with Crippen molar-refractivity contribution >= 4 is 16.3 Å². The molecule has 0 radical (unpaired) electrons. The standard InChI is InChI=1S/C11H22N2O.CH4O4S/c1-6-11(14)12-9-8-10(3)13(4,5)7-2;1-5-6(2,3)4/h6,10H,1,7-9H2,2-5H3;1H3,(H,2,3,4). The average molecular weight is 310 g/mol. The van der Waals surface area contributed by atoms with E-state index in [0.29, 0.717) is 6.04 Å². The molecular formula is C12H26N2O5S. The minimum Gasteiger partial charge on any atom is -0.726 e. The molecule has 8 heteroatoms. The lowest BCUT2D eigenvalue weighted by Gasteiger charge is -2.35. The van der Waals surface area contributed by atoms with Crippen LogP contribution in [-0.4, -0.2) is 63.7 Å². The molecule has 0 fully saturated rings. The Bertz CT molecular complexity index is 393. The van der Waals surface area contributed by atoms with E-state index in [1.165, 1.54) is 6.08 Å². The van der Waals surface area contributed by atoms with Gasteiger partial charge in [-0.2, -0.15) is 0 Å². The lowest BCUT2D eigenvalue weighted by Crippen LogP contribution is -2.48. The summed E-state index contributed by atoms with van der Waals surface area (Å²) < 4.78 is 32.0. The van der Waals surface area contributed by atoms with Crippen molar-refractivity contribution < 1.29 is 26.4 Å². The van der Waals surface area contributed by atoms with E-state index in [-0.39, 0.29) is 5.91 Å². The molecule has 120 valence electrons. The highest BCUT2D eigenvalue weighted by Crippen LogP contribution is 2.08. The van der Waals surface area contributed by atoms with Crippen LogP contribution in [0.3, 0.4) is 0 Å². The zero-order chi connectivity index (χ0) is 16.4. The number of carbonyl (C=O) groups excluding carboxylic acids is 1. The van der Waals surface area contributed by atoms with E-state index in [2.05, 4.69) is 44.0 Å². The Hall–Kier alpha value is -0.960. The molecule has 0 heterocycles. The third kappa shape index (κ3) is 12.1. The lowest BCUT2D eigenvalue weighted by atomic mass is 10.2. The van der Waals surface area contributed by atoms with Crippen LogP contribution in [0.4, 0.5) is 0 Å². The largest absolute Gasteiger partial charge is 0.726 e. The van der Waals surface area contributed by atoms with Gasteiger partial charge in [0.15, 0.2) is 0 Å². The summed E-state index contributed by atoms with van der Waals surface area (Å²) in [5.41, 5.74) is 0. The Morgan fingerprint density at radius 1 is 1.50 bits per heavy atom. The van der Waals surface area contributed by atoms with Crippen molar-refractivity contribution in [3.05, 3.63) is 12.7 Å². The smallest absolute Gasteiger partial charge is 0.243 e. The Labute approximate surface area is 122 Å². The molecule has 1 unspecified atom stereocenters. The van der Waals surface area contributed by atoms with Gasteiger partial charge in [0.1, 0.15) is 0 Å². The van der Waals surface area contributed by atoms with Gasteiger partial charge in [-0.15, -0.1) is 0 Å². The quantitative estimate of drug-likeness (QED) is 0.315. The van der Waals surface area contributed by atoms with Crippen LogP contribution in [0.25, 0.3) is 0 Å². The summed E-state index contributed by atoms with van der Waals surface area (Å²) in [6, 6.07) is 0.560. The van der Waals surface area contributed by atoms with Crippen LogP contribution in [0.1, 0.15) is 20.3 Å². The maximum atomic E-state index is 10.9. The highest BCUT2D eigenvalue weighted by molar-refractivity contribution is 7.80. The molecule has 0 aromatic carbocycles. The Balaban J connectivity index is 0. The summed E-state index contributed by atoms with van der Waals surface area (Å²) in [4.78, 5) is 10.9. The topological polar surface area (TPSA) is 95.5 Å². The molecule has 0 saturated carbocycles. The molecule has 0 rings (SSSR count). The fraction of sp³-hybridized carbons (Fsp3) is 0.750. The molecule has 1 atom stereocenters. The first-order chi connectivity index (χ1) is 9.00. The molecule has 0 aliphatic rings. The molecule has 0 saturated heterocycles. The van der Waals surface area contributed by atoms with Gasteiger partial charge in [0.25, 0.3) is 0 Å². The third-order valence-corrected chi connectivity index (χ3v) is 3.67. The number of nitrogens with one attached hydrogen (secondary N) is 1. The fourth-order valence-electron chi connectivity index (χ4n) is 1.14. The zero-order valence-electron chi connectivity index (χ0n) is 12.9. The molecule has 0 aliphatic heterocycles. The number of quaternary nitrogens is 1. The van der Waals surface area contributed by atoms with Gasteiger partial charge in [-0.1, -0.05) is 6.58 Å². The molecule has 1 amide bonds. The van der Waals surface area contributed by atoms with E-state index in [9.17, 15) is 17.8 Å². The Morgan fingerprint density at radius 3 is 2.25 bits per heavy atom. The summed E-state index contributed by atoms with van der Waals surface area (Å²) in [6.45, 7) is 9.64. The van der Waals surface area contributed by atoms with Crippen LogP contribution in [0, 0.1) is 0 Å². The van der Waals surface area contributed by atoms with Crippen molar-refractivity contribution in [2.45, 2.75) is 26.3 Å². The van der Waals surface area contributed by atoms with Gasteiger partial charge >= 0.3 is 0 Å². The van der Waals surface area contributed by atoms with E-state index in [4.69, 9.17) is 0 Å². The average Bonchev–Trinajstić information content (AvgIpc) is 2.38. The summed E-state index contributed by atoms with van der Waals surface area (Å²) in [7, 11) is 0.812. The summed E-state index contributed by atoms with van der Waals surface area (Å²) in [6.07, 6.45) is 2.31. The number of hydrogen-bond acceptors (Lipinski definition) is 5. The van der Waals surface area contributed by atoms with Crippen LogP contribution < -0.4 is 5.32 Å². The highest BCUT2D eigenvalue weighted by Gasteiger charge is 2.20. The maximum Gasteiger partial charge on any atom is 0.243 e. The van der Waals surface area contributed by atoms with Gasteiger partial charge in [0.2, 0.25) is 16.3 Å². The van der Waals surface area contributed by atoms with Crippen LogP contribution in [0.15, 0.2) is 12.7 Å². The van der Waals surface area contributed by atoms with Gasteiger partial charge in [-0.05, 0) is 19.9 Å². The first-order valence-corrected chi connectivity index (χ1v) is 7.57.